The summed E-state index contributed by atoms with van der Waals surface area (Å²) in [5.74, 6) is -0.152. The maximum absolute atomic E-state index is 13.6. The van der Waals surface area contributed by atoms with Crippen LogP contribution in [0, 0.1) is 18.7 Å². The Bertz CT molecular complexity index is 657. The van der Waals surface area contributed by atoms with E-state index in [9.17, 15) is 14.0 Å². The van der Waals surface area contributed by atoms with Crippen LogP contribution in [-0.4, -0.2) is 42.4 Å². The van der Waals surface area contributed by atoms with Crippen LogP contribution in [0.1, 0.15) is 43.2 Å². The molecule has 0 saturated carbocycles. The molecule has 0 aromatic heterocycles. The van der Waals surface area contributed by atoms with Crippen molar-refractivity contribution in [3.8, 4) is 0 Å². The molecule has 0 spiro atoms. The highest BCUT2D eigenvalue weighted by Crippen LogP contribution is 2.20. The average Bonchev–Trinajstić information content (AvgIpc) is 2.69. The van der Waals surface area contributed by atoms with Crippen LogP contribution in [0.25, 0.3) is 0 Å². The summed E-state index contributed by atoms with van der Waals surface area (Å²) in [6, 6.07) is 4.97. The number of likely N-dealkylation sites (tertiary alicyclic amines) is 1. The molecule has 0 aliphatic carbocycles. The van der Waals surface area contributed by atoms with E-state index in [1.165, 1.54) is 6.07 Å². The largest absolute Gasteiger partial charge is 0.352 e. The zero-order valence-electron chi connectivity index (χ0n) is 15.8. The minimum Gasteiger partial charge on any atom is -0.352 e. The van der Waals surface area contributed by atoms with E-state index >= 15 is 0 Å². The maximum atomic E-state index is 13.6. The van der Waals surface area contributed by atoms with Crippen molar-refractivity contribution in [3.63, 3.8) is 0 Å². The number of carbonyl (C=O) groups is 2. The first kappa shape index (κ1) is 21.6. The highest BCUT2D eigenvalue weighted by molar-refractivity contribution is 5.85. The molecule has 2 amide bonds. The molecule has 2 aliphatic rings. The smallest absolute Gasteiger partial charge is 0.239 e. The molecule has 1 unspecified atom stereocenters. The lowest BCUT2D eigenvalue weighted by atomic mass is 9.94. The van der Waals surface area contributed by atoms with Crippen molar-refractivity contribution in [2.45, 2.75) is 51.6 Å². The molecule has 2 aliphatic heterocycles. The quantitative estimate of drug-likeness (QED) is 0.820. The van der Waals surface area contributed by atoms with Crippen molar-refractivity contribution >= 4 is 24.2 Å². The minimum atomic E-state index is -0.250. The number of nitrogens with zero attached hydrogens (tertiary/aromatic N) is 1. The maximum Gasteiger partial charge on any atom is 0.239 e. The molecule has 1 atom stereocenters. The standard InChI is InChI=1S/C20H28FN3O2.ClH/c1-14-5-6-15(12-17(14)21)13-23-19(25)16-7-10-24(11-8-16)20(26)18-4-2-3-9-22-18;/h5-6,12,16,18,22H,2-4,7-11,13H2,1H3,(H,23,25);1H. The topological polar surface area (TPSA) is 61.4 Å². The summed E-state index contributed by atoms with van der Waals surface area (Å²) in [4.78, 5) is 26.8. The molecular formula is C20H29ClFN3O2. The zero-order chi connectivity index (χ0) is 18.5. The highest BCUT2D eigenvalue weighted by atomic mass is 35.5. The highest BCUT2D eigenvalue weighted by Gasteiger charge is 2.31. The Kier molecular flexibility index (Phi) is 8.05. The number of amides is 2. The molecule has 150 valence electrons. The lowest BCUT2D eigenvalue weighted by molar-refractivity contribution is -0.137. The van der Waals surface area contributed by atoms with E-state index in [4.69, 9.17) is 0 Å². The summed E-state index contributed by atoms with van der Waals surface area (Å²) in [7, 11) is 0. The Morgan fingerprint density at radius 3 is 2.59 bits per heavy atom. The first-order valence-electron chi connectivity index (χ1n) is 9.59. The summed E-state index contributed by atoms with van der Waals surface area (Å²) < 4.78 is 13.6. The van der Waals surface area contributed by atoms with E-state index < -0.39 is 0 Å². The monoisotopic (exact) mass is 397 g/mol. The molecule has 5 nitrogen and oxygen atoms in total. The van der Waals surface area contributed by atoms with E-state index in [0.29, 0.717) is 38.0 Å². The van der Waals surface area contributed by atoms with Gasteiger partial charge in [-0.05, 0) is 56.3 Å². The second kappa shape index (κ2) is 10.0. The molecule has 3 rings (SSSR count). The van der Waals surface area contributed by atoms with Gasteiger partial charge in [-0.15, -0.1) is 12.4 Å². The van der Waals surface area contributed by atoms with Crippen molar-refractivity contribution in [2.24, 2.45) is 5.92 Å². The number of nitrogens with one attached hydrogen (secondary N) is 2. The fourth-order valence-electron chi connectivity index (χ4n) is 3.72. The van der Waals surface area contributed by atoms with Crippen LogP contribution in [-0.2, 0) is 16.1 Å². The molecule has 7 heteroatoms. The van der Waals surface area contributed by atoms with Gasteiger partial charge < -0.3 is 15.5 Å². The molecule has 2 heterocycles. The van der Waals surface area contributed by atoms with Crippen molar-refractivity contribution in [2.75, 3.05) is 19.6 Å². The predicted octanol–water partition coefficient (Wildman–Crippen LogP) is 2.55. The van der Waals surface area contributed by atoms with Crippen LogP contribution in [0.2, 0.25) is 0 Å². The van der Waals surface area contributed by atoms with Crippen molar-refractivity contribution < 1.29 is 14.0 Å². The number of aryl methyl sites for hydroxylation is 1. The van der Waals surface area contributed by atoms with Gasteiger partial charge in [0, 0.05) is 25.6 Å². The Hall–Kier alpha value is -1.66. The molecular weight excluding hydrogens is 369 g/mol. The second-order valence-corrected chi connectivity index (χ2v) is 7.40. The van der Waals surface area contributed by atoms with Crippen LogP contribution < -0.4 is 10.6 Å². The number of hydrogen-bond acceptors (Lipinski definition) is 3. The van der Waals surface area contributed by atoms with E-state index in [-0.39, 0.29) is 42.0 Å². The van der Waals surface area contributed by atoms with Gasteiger partial charge in [-0.2, -0.15) is 0 Å². The zero-order valence-corrected chi connectivity index (χ0v) is 16.6. The first-order chi connectivity index (χ1) is 12.5. The van der Waals surface area contributed by atoms with Gasteiger partial charge in [0.1, 0.15) is 5.82 Å². The SMILES string of the molecule is Cc1ccc(CNC(=O)C2CCN(C(=O)C3CCCCN3)CC2)cc1F.Cl. The van der Waals surface area contributed by atoms with Crippen LogP contribution in [0.4, 0.5) is 4.39 Å². The molecule has 1 aromatic carbocycles. The van der Waals surface area contributed by atoms with Crippen molar-refractivity contribution in [1.29, 1.82) is 0 Å². The van der Waals surface area contributed by atoms with Crippen LogP contribution in [0.3, 0.4) is 0 Å². The van der Waals surface area contributed by atoms with Gasteiger partial charge in [0.15, 0.2) is 0 Å². The number of benzene rings is 1. The van der Waals surface area contributed by atoms with E-state index in [1.54, 1.807) is 13.0 Å². The average molecular weight is 398 g/mol. The third-order valence-corrected chi connectivity index (χ3v) is 5.49. The van der Waals surface area contributed by atoms with Crippen molar-refractivity contribution in [1.82, 2.24) is 15.5 Å². The van der Waals surface area contributed by atoms with Gasteiger partial charge in [0.25, 0.3) is 0 Å². The van der Waals surface area contributed by atoms with E-state index in [1.807, 2.05) is 11.0 Å². The van der Waals surface area contributed by atoms with Crippen LogP contribution >= 0.6 is 12.4 Å². The number of hydrogen-bond donors (Lipinski definition) is 2. The minimum absolute atomic E-state index is 0. The van der Waals surface area contributed by atoms with Gasteiger partial charge in [-0.25, -0.2) is 4.39 Å². The molecule has 0 radical (unpaired) electrons. The first-order valence-corrected chi connectivity index (χ1v) is 9.59. The third-order valence-electron chi connectivity index (χ3n) is 5.49. The second-order valence-electron chi connectivity index (χ2n) is 7.40. The summed E-state index contributed by atoms with van der Waals surface area (Å²) >= 11 is 0. The number of halogens is 2. The summed E-state index contributed by atoms with van der Waals surface area (Å²) in [6.45, 7) is 4.23. The predicted molar refractivity (Wildman–Crippen MR) is 105 cm³/mol. The van der Waals surface area contributed by atoms with E-state index in [0.717, 1.165) is 31.4 Å². The molecule has 2 fully saturated rings. The molecule has 1 aromatic rings. The Balaban J connectivity index is 0.00000261. The summed E-state index contributed by atoms with van der Waals surface area (Å²) in [6.07, 6.45) is 4.52. The summed E-state index contributed by atoms with van der Waals surface area (Å²) in [5, 5.41) is 6.20. The Morgan fingerprint density at radius 1 is 1.22 bits per heavy atom. The third kappa shape index (κ3) is 5.66. The molecule has 2 saturated heterocycles. The van der Waals surface area contributed by atoms with Gasteiger partial charge in [0.2, 0.25) is 11.8 Å². The molecule has 2 N–H and O–H groups in total. The van der Waals surface area contributed by atoms with E-state index in [2.05, 4.69) is 10.6 Å². The fourth-order valence-corrected chi connectivity index (χ4v) is 3.72. The Morgan fingerprint density at radius 2 is 1.96 bits per heavy atom. The summed E-state index contributed by atoms with van der Waals surface area (Å²) in [5.41, 5.74) is 1.36. The fraction of sp³-hybridized carbons (Fsp3) is 0.600. The number of piperidine rings is 2. The number of carbonyl (C=O) groups excluding carboxylic acids is 2. The lowest BCUT2D eigenvalue weighted by Gasteiger charge is -2.35. The van der Waals surface area contributed by atoms with Gasteiger partial charge in [0.05, 0.1) is 6.04 Å². The molecule has 27 heavy (non-hydrogen) atoms. The van der Waals surface area contributed by atoms with Gasteiger partial charge in [-0.1, -0.05) is 18.6 Å². The van der Waals surface area contributed by atoms with Crippen LogP contribution in [0.15, 0.2) is 18.2 Å². The Labute approximate surface area is 166 Å². The molecule has 0 bridgehead atoms. The number of rotatable bonds is 4. The van der Waals surface area contributed by atoms with Crippen molar-refractivity contribution in [3.05, 3.63) is 35.1 Å². The lowest BCUT2D eigenvalue weighted by Crippen LogP contribution is -2.51. The van der Waals surface area contributed by atoms with Gasteiger partial charge >= 0.3 is 0 Å². The van der Waals surface area contributed by atoms with Crippen LogP contribution in [0.5, 0.6) is 0 Å². The van der Waals surface area contributed by atoms with Gasteiger partial charge in [-0.3, -0.25) is 9.59 Å². The normalized spacial score (nSPS) is 20.7.